The SMILES string of the molecule is COc1ccc(C(CN=C(N)N(C)C2CC2)N2CCCCC2)cc1.I. The number of nitrogens with zero attached hydrogens (tertiary/aromatic N) is 3. The maximum atomic E-state index is 6.20. The summed E-state index contributed by atoms with van der Waals surface area (Å²) in [5, 5.41) is 0. The van der Waals surface area contributed by atoms with Gasteiger partial charge in [-0.1, -0.05) is 18.6 Å². The molecule has 140 valence electrons. The summed E-state index contributed by atoms with van der Waals surface area (Å²) in [6, 6.07) is 9.29. The van der Waals surface area contributed by atoms with Gasteiger partial charge in [0.05, 0.1) is 19.7 Å². The molecule has 0 spiro atoms. The minimum absolute atomic E-state index is 0. The number of benzene rings is 1. The van der Waals surface area contributed by atoms with Crippen molar-refractivity contribution in [2.75, 3.05) is 33.8 Å². The van der Waals surface area contributed by atoms with Crippen molar-refractivity contribution in [2.45, 2.75) is 44.2 Å². The Morgan fingerprint density at radius 2 is 1.88 bits per heavy atom. The monoisotopic (exact) mass is 458 g/mol. The van der Waals surface area contributed by atoms with Gasteiger partial charge in [0.15, 0.2) is 5.96 Å². The lowest BCUT2D eigenvalue weighted by molar-refractivity contribution is 0.167. The largest absolute Gasteiger partial charge is 0.497 e. The second kappa shape index (κ2) is 9.62. The van der Waals surface area contributed by atoms with Crippen LogP contribution in [0.5, 0.6) is 5.75 Å². The lowest BCUT2D eigenvalue weighted by Crippen LogP contribution is -2.38. The maximum absolute atomic E-state index is 6.20. The zero-order chi connectivity index (χ0) is 16.9. The number of ether oxygens (including phenoxy) is 1. The summed E-state index contributed by atoms with van der Waals surface area (Å²) in [6.45, 7) is 3.00. The van der Waals surface area contributed by atoms with Gasteiger partial charge in [-0.25, -0.2) is 0 Å². The molecule has 1 aromatic carbocycles. The number of rotatable bonds is 6. The Morgan fingerprint density at radius 1 is 1.24 bits per heavy atom. The highest BCUT2D eigenvalue weighted by atomic mass is 127. The fraction of sp³-hybridized carbons (Fsp3) is 0.632. The minimum atomic E-state index is 0. The smallest absolute Gasteiger partial charge is 0.191 e. The Hall–Kier alpha value is -1.02. The maximum Gasteiger partial charge on any atom is 0.191 e. The molecule has 2 fully saturated rings. The van der Waals surface area contributed by atoms with Crippen LogP contribution in [0.3, 0.4) is 0 Å². The molecule has 0 aromatic heterocycles. The van der Waals surface area contributed by atoms with E-state index in [4.69, 9.17) is 15.5 Å². The van der Waals surface area contributed by atoms with Gasteiger partial charge in [0, 0.05) is 13.1 Å². The molecule has 2 aliphatic rings. The van der Waals surface area contributed by atoms with Crippen molar-refractivity contribution >= 4 is 29.9 Å². The van der Waals surface area contributed by atoms with E-state index in [9.17, 15) is 0 Å². The Labute approximate surface area is 168 Å². The number of nitrogens with two attached hydrogens (primary N) is 1. The van der Waals surface area contributed by atoms with Crippen LogP contribution in [0.15, 0.2) is 29.3 Å². The first-order valence-electron chi connectivity index (χ1n) is 9.10. The van der Waals surface area contributed by atoms with E-state index in [1.807, 2.05) is 12.1 Å². The first-order chi connectivity index (χ1) is 11.7. The van der Waals surface area contributed by atoms with Gasteiger partial charge in [-0.2, -0.15) is 0 Å². The Balaban J connectivity index is 0.00000225. The molecular weight excluding hydrogens is 427 g/mol. The molecule has 0 radical (unpaired) electrons. The highest BCUT2D eigenvalue weighted by Crippen LogP contribution is 2.28. The molecule has 1 saturated carbocycles. The second-order valence-electron chi connectivity index (χ2n) is 6.93. The first-order valence-corrected chi connectivity index (χ1v) is 9.10. The lowest BCUT2D eigenvalue weighted by atomic mass is 10.0. The van der Waals surface area contributed by atoms with Crippen molar-refractivity contribution in [3.8, 4) is 5.75 Å². The summed E-state index contributed by atoms with van der Waals surface area (Å²) in [7, 11) is 3.76. The van der Waals surface area contributed by atoms with Crippen LogP contribution in [0, 0.1) is 0 Å². The molecule has 1 aliphatic heterocycles. The van der Waals surface area contributed by atoms with E-state index in [0.717, 1.165) is 25.4 Å². The van der Waals surface area contributed by atoms with Crippen LogP contribution in [0.1, 0.15) is 43.7 Å². The van der Waals surface area contributed by atoms with Gasteiger partial charge in [-0.3, -0.25) is 9.89 Å². The summed E-state index contributed by atoms with van der Waals surface area (Å²) < 4.78 is 5.29. The number of guanidine groups is 1. The number of likely N-dealkylation sites (tertiary alicyclic amines) is 1. The fourth-order valence-corrected chi connectivity index (χ4v) is 3.43. The number of halogens is 1. The van der Waals surface area contributed by atoms with Crippen LogP contribution in [-0.4, -0.2) is 55.6 Å². The number of piperidine rings is 1. The van der Waals surface area contributed by atoms with Gasteiger partial charge in [-0.15, -0.1) is 24.0 Å². The standard InChI is InChI=1S/C19H30N4O.HI/c1-22(16-8-9-16)19(20)21-14-18(23-12-4-3-5-13-23)15-6-10-17(24-2)11-7-15;/h6-7,10-11,16,18H,3-5,8-9,12-14H2,1-2H3,(H2,20,21);1H. The first kappa shape index (κ1) is 20.3. The van der Waals surface area contributed by atoms with E-state index in [0.29, 0.717) is 18.0 Å². The van der Waals surface area contributed by atoms with Gasteiger partial charge in [-0.05, 0) is 56.5 Å². The fourth-order valence-electron chi connectivity index (χ4n) is 3.43. The molecule has 2 N–H and O–H groups in total. The summed E-state index contributed by atoms with van der Waals surface area (Å²) in [5.74, 6) is 1.57. The number of aliphatic imine (C=N–C) groups is 1. The summed E-state index contributed by atoms with van der Waals surface area (Å²) >= 11 is 0. The average molecular weight is 458 g/mol. The van der Waals surface area contributed by atoms with Crippen molar-refractivity contribution < 1.29 is 4.74 Å². The quantitative estimate of drug-likeness (QED) is 0.404. The van der Waals surface area contributed by atoms with Crippen LogP contribution < -0.4 is 10.5 Å². The van der Waals surface area contributed by atoms with Crippen molar-refractivity contribution in [1.29, 1.82) is 0 Å². The Kier molecular flexibility index (Phi) is 7.81. The Morgan fingerprint density at radius 3 is 2.44 bits per heavy atom. The van der Waals surface area contributed by atoms with E-state index in [1.54, 1.807) is 7.11 Å². The summed E-state index contributed by atoms with van der Waals surface area (Å²) in [4.78, 5) is 9.41. The van der Waals surface area contributed by atoms with Gasteiger partial charge in [0.25, 0.3) is 0 Å². The lowest BCUT2D eigenvalue weighted by Gasteiger charge is -2.34. The Bertz CT molecular complexity index is 553. The average Bonchev–Trinajstić information content (AvgIpc) is 3.47. The highest BCUT2D eigenvalue weighted by molar-refractivity contribution is 14.0. The second-order valence-corrected chi connectivity index (χ2v) is 6.93. The van der Waals surface area contributed by atoms with Crippen LogP contribution in [-0.2, 0) is 0 Å². The third-order valence-electron chi connectivity index (χ3n) is 5.21. The van der Waals surface area contributed by atoms with Crippen LogP contribution in [0.2, 0.25) is 0 Å². The van der Waals surface area contributed by atoms with E-state index in [1.165, 1.54) is 37.7 Å². The zero-order valence-electron chi connectivity index (χ0n) is 15.4. The van der Waals surface area contributed by atoms with Crippen molar-refractivity contribution in [1.82, 2.24) is 9.80 Å². The molecule has 0 amide bonds. The van der Waals surface area contributed by atoms with Crippen LogP contribution in [0.4, 0.5) is 0 Å². The predicted molar refractivity (Wildman–Crippen MR) is 114 cm³/mol. The van der Waals surface area contributed by atoms with Crippen molar-refractivity contribution in [2.24, 2.45) is 10.7 Å². The van der Waals surface area contributed by atoms with E-state index in [-0.39, 0.29) is 24.0 Å². The zero-order valence-corrected chi connectivity index (χ0v) is 17.7. The number of hydrogen-bond donors (Lipinski definition) is 1. The van der Waals surface area contributed by atoms with E-state index in [2.05, 4.69) is 29.0 Å². The summed E-state index contributed by atoms with van der Waals surface area (Å²) in [5.41, 5.74) is 7.49. The van der Waals surface area contributed by atoms with E-state index >= 15 is 0 Å². The highest BCUT2D eigenvalue weighted by Gasteiger charge is 2.28. The topological polar surface area (TPSA) is 54.1 Å². The molecule has 1 saturated heterocycles. The van der Waals surface area contributed by atoms with Crippen LogP contribution in [0.25, 0.3) is 0 Å². The van der Waals surface area contributed by atoms with Gasteiger partial charge >= 0.3 is 0 Å². The molecule has 25 heavy (non-hydrogen) atoms. The molecule has 1 atom stereocenters. The minimum Gasteiger partial charge on any atom is -0.497 e. The van der Waals surface area contributed by atoms with Gasteiger partial charge in [0.1, 0.15) is 5.75 Å². The van der Waals surface area contributed by atoms with Gasteiger partial charge in [0.2, 0.25) is 0 Å². The predicted octanol–water partition coefficient (Wildman–Crippen LogP) is 3.25. The molecule has 0 bridgehead atoms. The van der Waals surface area contributed by atoms with Crippen LogP contribution >= 0.6 is 24.0 Å². The molecule has 1 heterocycles. The van der Waals surface area contributed by atoms with Crippen molar-refractivity contribution in [3.63, 3.8) is 0 Å². The molecular formula is C19H31IN4O. The molecule has 1 aliphatic carbocycles. The number of methoxy groups -OCH3 is 1. The molecule has 1 aromatic rings. The third kappa shape index (κ3) is 5.48. The molecule has 5 nitrogen and oxygen atoms in total. The molecule has 6 heteroatoms. The third-order valence-corrected chi connectivity index (χ3v) is 5.21. The molecule has 3 rings (SSSR count). The molecule has 1 unspecified atom stereocenters. The summed E-state index contributed by atoms with van der Waals surface area (Å²) in [6.07, 6.45) is 6.35. The normalized spacial score (nSPS) is 19.8. The van der Waals surface area contributed by atoms with E-state index < -0.39 is 0 Å². The number of hydrogen-bond acceptors (Lipinski definition) is 3. The van der Waals surface area contributed by atoms with Crippen molar-refractivity contribution in [3.05, 3.63) is 29.8 Å². The van der Waals surface area contributed by atoms with Gasteiger partial charge < -0.3 is 15.4 Å².